The first kappa shape index (κ1) is 14.5. The van der Waals surface area contributed by atoms with Gasteiger partial charge in [-0.2, -0.15) is 0 Å². The zero-order valence-corrected chi connectivity index (χ0v) is 12.0. The van der Waals surface area contributed by atoms with Gasteiger partial charge in [-0.15, -0.1) is 0 Å². The Balaban J connectivity index is 2.43. The lowest BCUT2D eigenvalue weighted by Crippen LogP contribution is -2.47. The Hall–Kier alpha value is -0.570. The topological polar surface area (TPSA) is 29.5 Å². The van der Waals surface area contributed by atoms with Gasteiger partial charge in [-0.3, -0.25) is 9.69 Å². The van der Waals surface area contributed by atoms with Crippen molar-refractivity contribution in [3.8, 4) is 0 Å². The van der Waals surface area contributed by atoms with Crippen molar-refractivity contribution in [3.63, 3.8) is 0 Å². The molecule has 0 N–H and O–H groups in total. The van der Waals surface area contributed by atoms with Crippen LogP contribution in [-0.4, -0.2) is 36.1 Å². The van der Waals surface area contributed by atoms with Crippen LogP contribution in [0.2, 0.25) is 0 Å². The van der Waals surface area contributed by atoms with Crippen molar-refractivity contribution in [2.45, 2.75) is 65.0 Å². The highest BCUT2D eigenvalue weighted by atomic mass is 16.5. The summed E-state index contributed by atoms with van der Waals surface area (Å²) < 4.78 is 5.09. The molecule has 0 bridgehead atoms. The molecule has 3 heteroatoms. The van der Waals surface area contributed by atoms with Gasteiger partial charge in [0.1, 0.15) is 0 Å². The van der Waals surface area contributed by atoms with Crippen LogP contribution in [-0.2, 0) is 9.53 Å². The molecule has 0 unspecified atom stereocenters. The first-order valence-electron chi connectivity index (χ1n) is 6.75. The van der Waals surface area contributed by atoms with E-state index in [-0.39, 0.29) is 17.4 Å². The summed E-state index contributed by atoms with van der Waals surface area (Å²) in [5, 5.41) is 0. The lowest BCUT2D eigenvalue weighted by Gasteiger charge is -2.41. The summed E-state index contributed by atoms with van der Waals surface area (Å²) in [6.45, 7) is 9.09. The Bertz CT molecular complexity index is 249. The molecule has 1 aliphatic carbocycles. The molecule has 0 aromatic carbocycles. The first-order valence-corrected chi connectivity index (χ1v) is 6.75. The minimum Gasteiger partial charge on any atom is -0.466 e. The van der Waals surface area contributed by atoms with Crippen molar-refractivity contribution in [2.24, 2.45) is 5.92 Å². The minimum absolute atomic E-state index is 0.00404. The number of carbonyl (C=O) groups is 1. The van der Waals surface area contributed by atoms with E-state index in [0.29, 0.717) is 12.6 Å². The van der Waals surface area contributed by atoms with E-state index in [1.807, 2.05) is 6.92 Å². The summed E-state index contributed by atoms with van der Waals surface area (Å²) in [5.41, 5.74) is 0.210. The lowest BCUT2D eigenvalue weighted by molar-refractivity contribution is -0.149. The summed E-state index contributed by atoms with van der Waals surface area (Å²) in [7, 11) is 2.19. The van der Waals surface area contributed by atoms with E-state index in [2.05, 4.69) is 32.7 Å². The molecule has 0 aromatic rings. The highest BCUT2D eigenvalue weighted by Crippen LogP contribution is 2.30. The number of nitrogens with zero attached hydrogens (tertiary/aromatic N) is 1. The number of hydrogen-bond acceptors (Lipinski definition) is 3. The van der Waals surface area contributed by atoms with Crippen LogP contribution in [0.15, 0.2) is 0 Å². The molecule has 0 radical (unpaired) electrons. The normalized spacial score (nSPS) is 26.0. The summed E-state index contributed by atoms with van der Waals surface area (Å²) in [4.78, 5) is 14.1. The van der Waals surface area contributed by atoms with Crippen LogP contribution in [0.1, 0.15) is 53.4 Å². The molecular weight excluding hydrogens is 214 g/mol. The molecule has 100 valence electrons. The maximum atomic E-state index is 11.6. The highest BCUT2D eigenvalue weighted by molar-refractivity contribution is 5.72. The summed E-state index contributed by atoms with van der Waals surface area (Å²) >= 11 is 0. The molecule has 1 fully saturated rings. The van der Waals surface area contributed by atoms with E-state index in [1.165, 1.54) is 0 Å². The average molecular weight is 241 g/mol. The standard InChI is InChI=1S/C14H27NO2/c1-6-17-13(16)11-7-9-12(10-8-11)15(5)14(2,3)4/h11-12H,6-10H2,1-5H3. The fourth-order valence-corrected chi connectivity index (χ4v) is 2.51. The van der Waals surface area contributed by atoms with Crippen molar-refractivity contribution < 1.29 is 9.53 Å². The van der Waals surface area contributed by atoms with Crippen LogP contribution in [0.25, 0.3) is 0 Å². The molecule has 0 atom stereocenters. The van der Waals surface area contributed by atoms with E-state index in [0.717, 1.165) is 25.7 Å². The second-order valence-corrected chi connectivity index (χ2v) is 6.04. The molecule has 0 heterocycles. The number of ether oxygens (including phenoxy) is 1. The second-order valence-electron chi connectivity index (χ2n) is 6.04. The Morgan fingerprint density at radius 1 is 1.24 bits per heavy atom. The molecule has 3 nitrogen and oxygen atoms in total. The van der Waals surface area contributed by atoms with Crippen LogP contribution in [0.4, 0.5) is 0 Å². The van der Waals surface area contributed by atoms with Gasteiger partial charge in [-0.05, 0) is 60.4 Å². The van der Waals surface area contributed by atoms with Crippen LogP contribution >= 0.6 is 0 Å². The third-order valence-corrected chi connectivity index (χ3v) is 3.92. The molecule has 0 amide bonds. The van der Waals surface area contributed by atoms with E-state index < -0.39 is 0 Å². The third-order valence-electron chi connectivity index (χ3n) is 3.92. The second kappa shape index (κ2) is 5.85. The Morgan fingerprint density at radius 3 is 2.18 bits per heavy atom. The fraction of sp³-hybridized carbons (Fsp3) is 0.929. The zero-order valence-electron chi connectivity index (χ0n) is 12.0. The number of carbonyl (C=O) groups excluding carboxylic acids is 1. The summed E-state index contributed by atoms with van der Waals surface area (Å²) in [6, 6.07) is 0.612. The van der Waals surface area contributed by atoms with Crippen molar-refractivity contribution in [2.75, 3.05) is 13.7 Å². The van der Waals surface area contributed by atoms with Crippen molar-refractivity contribution in [3.05, 3.63) is 0 Å². The molecule has 0 aromatic heterocycles. The highest BCUT2D eigenvalue weighted by Gasteiger charge is 2.32. The van der Waals surface area contributed by atoms with Crippen molar-refractivity contribution in [1.82, 2.24) is 4.90 Å². The maximum Gasteiger partial charge on any atom is 0.308 e. The van der Waals surface area contributed by atoms with E-state index in [4.69, 9.17) is 4.74 Å². The molecule has 1 aliphatic rings. The molecule has 1 saturated carbocycles. The average Bonchev–Trinajstić information content (AvgIpc) is 2.27. The van der Waals surface area contributed by atoms with Gasteiger partial charge in [-0.1, -0.05) is 0 Å². The Kier molecular flexibility index (Phi) is 4.99. The first-order chi connectivity index (χ1) is 7.86. The van der Waals surface area contributed by atoms with E-state index in [9.17, 15) is 4.79 Å². The molecule has 1 rings (SSSR count). The van der Waals surface area contributed by atoms with Crippen LogP contribution in [0, 0.1) is 5.92 Å². The number of rotatable bonds is 3. The Morgan fingerprint density at radius 2 is 1.76 bits per heavy atom. The predicted molar refractivity (Wildman–Crippen MR) is 69.9 cm³/mol. The van der Waals surface area contributed by atoms with E-state index in [1.54, 1.807) is 0 Å². The van der Waals surface area contributed by atoms with Crippen molar-refractivity contribution in [1.29, 1.82) is 0 Å². The van der Waals surface area contributed by atoms with E-state index >= 15 is 0 Å². The zero-order chi connectivity index (χ0) is 13.1. The van der Waals surface area contributed by atoms with Crippen LogP contribution in [0.5, 0.6) is 0 Å². The SMILES string of the molecule is CCOC(=O)C1CCC(N(C)C(C)(C)C)CC1. The molecule has 0 saturated heterocycles. The number of esters is 1. The molecular formula is C14H27NO2. The molecule has 0 aliphatic heterocycles. The van der Waals surface area contributed by atoms with Crippen LogP contribution < -0.4 is 0 Å². The predicted octanol–water partition coefficient (Wildman–Crippen LogP) is 2.84. The van der Waals surface area contributed by atoms with Gasteiger partial charge in [0.15, 0.2) is 0 Å². The monoisotopic (exact) mass is 241 g/mol. The molecule has 0 spiro atoms. The third kappa shape index (κ3) is 3.98. The smallest absolute Gasteiger partial charge is 0.308 e. The number of hydrogen-bond donors (Lipinski definition) is 0. The Labute approximate surface area is 106 Å². The largest absolute Gasteiger partial charge is 0.466 e. The van der Waals surface area contributed by atoms with Gasteiger partial charge in [0.25, 0.3) is 0 Å². The van der Waals surface area contributed by atoms with Gasteiger partial charge in [0.05, 0.1) is 12.5 Å². The summed E-state index contributed by atoms with van der Waals surface area (Å²) in [5.74, 6) is 0.143. The van der Waals surface area contributed by atoms with Gasteiger partial charge in [-0.25, -0.2) is 0 Å². The van der Waals surface area contributed by atoms with Gasteiger partial charge in [0, 0.05) is 11.6 Å². The minimum atomic E-state index is 0.00404. The van der Waals surface area contributed by atoms with Crippen LogP contribution in [0.3, 0.4) is 0 Å². The fourth-order valence-electron chi connectivity index (χ4n) is 2.51. The van der Waals surface area contributed by atoms with Gasteiger partial charge >= 0.3 is 5.97 Å². The lowest BCUT2D eigenvalue weighted by atomic mass is 9.84. The van der Waals surface area contributed by atoms with Gasteiger partial charge in [0.2, 0.25) is 0 Å². The van der Waals surface area contributed by atoms with Crippen molar-refractivity contribution >= 4 is 5.97 Å². The van der Waals surface area contributed by atoms with Gasteiger partial charge < -0.3 is 4.74 Å². The molecule has 17 heavy (non-hydrogen) atoms. The summed E-state index contributed by atoms with van der Waals surface area (Å²) in [6.07, 6.45) is 4.17. The maximum absolute atomic E-state index is 11.6. The quantitative estimate of drug-likeness (QED) is 0.712.